The van der Waals surface area contributed by atoms with E-state index in [-0.39, 0.29) is 23.1 Å². The van der Waals surface area contributed by atoms with Crippen LogP contribution in [0.15, 0.2) is 51.0 Å². The quantitative estimate of drug-likeness (QED) is 0.373. The predicted octanol–water partition coefficient (Wildman–Crippen LogP) is 2.78. The molecule has 8 nitrogen and oxygen atoms in total. The fourth-order valence-corrected chi connectivity index (χ4v) is 3.57. The SMILES string of the molecule is CC(C)n1c(SCC(=O)NNC(=O)c2ccco2)nc2cc(Cl)ccc2c1=O. The molecule has 0 fully saturated rings. The Balaban J connectivity index is 1.74. The smallest absolute Gasteiger partial charge is 0.305 e. The Morgan fingerprint density at radius 1 is 1.29 bits per heavy atom. The monoisotopic (exact) mass is 420 g/mol. The van der Waals surface area contributed by atoms with Crippen molar-refractivity contribution >= 4 is 46.1 Å². The first kappa shape index (κ1) is 20.0. The molecule has 0 aliphatic rings. The Labute approximate surface area is 169 Å². The Bertz CT molecular complexity index is 1080. The summed E-state index contributed by atoms with van der Waals surface area (Å²) in [7, 11) is 0. The van der Waals surface area contributed by atoms with Gasteiger partial charge in [-0.1, -0.05) is 23.4 Å². The molecule has 2 N–H and O–H groups in total. The zero-order valence-corrected chi connectivity index (χ0v) is 16.6. The van der Waals surface area contributed by atoms with Crippen LogP contribution < -0.4 is 16.4 Å². The summed E-state index contributed by atoms with van der Waals surface area (Å²) in [4.78, 5) is 41.1. The maximum absolute atomic E-state index is 12.8. The Hall–Kier alpha value is -2.78. The maximum atomic E-state index is 12.8. The van der Waals surface area contributed by atoms with Crippen LogP contribution in [-0.2, 0) is 4.79 Å². The highest BCUT2D eigenvalue weighted by molar-refractivity contribution is 7.99. The zero-order chi connectivity index (χ0) is 20.3. The number of hydrogen-bond donors (Lipinski definition) is 2. The molecule has 0 saturated carbocycles. The third-order valence-corrected chi connectivity index (χ3v) is 4.93. The van der Waals surface area contributed by atoms with Gasteiger partial charge in [-0.2, -0.15) is 0 Å². The molecule has 1 aromatic carbocycles. The molecule has 0 bridgehead atoms. The molecule has 28 heavy (non-hydrogen) atoms. The highest BCUT2D eigenvalue weighted by atomic mass is 35.5. The van der Waals surface area contributed by atoms with Crippen molar-refractivity contribution in [1.29, 1.82) is 0 Å². The number of halogens is 1. The number of benzene rings is 1. The normalized spacial score (nSPS) is 11.0. The number of hydrogen-bond acceptors (Lipinski definition) is 6. The number of carbonyl (C=O) groups is 2. The number of fused-ring (bicyclic) bond motifs is 1. The van der Waals surface area contributed by atoms with E-state index >= 15 is 0 Å². The lowest BCUT2D eigenvalue weighted by atomic mass is 10.2. The lowest BCUT2D eigenvalue weighted by Crippen LogP contribution is -2.42. The second kappa shape index (κ2) is 8.49. The van der Waals surface area contributed by atoms with Gasteiger partial charge in [0, 0.05) is 11.1 Å². The predicted molar refractivity (Wildman–Crippen MR) is 106 cm³/mol. The van der Waals surface area contributed by atoms with Crippen LogP contribution in [0.3, 0.4) is 0 Å². The number of aromatic nitrogens is 2. The largest absolute Gasteiger partial charge is 0.459 e. The molecular weight excluding hydrogens is 404 g/mol. The molecule has 0 aliphatic carbocycles. The number of hydrazine groups is 1. The summed E-state index contributed by atoms with van der Waals surface area (Å²) in [5.74, 6) is -1.000. The second-order valence-electron chi connectivity index (χ2n) is 6.09. The Morgan fingerprint density at radius 2 is 2.07 bits per heavy atom. The fourth-order valence-electron chi connectivity index (χ4n) is 2.47. The van der Waals surface area contributed by atoms with Crippen LogP contribution in [0.2, 0.25) is 5.02 Å². The second-order valence-corrected chi connectivity index (χ2v) is 7.47. The van der Waals surface area contributed by atoms with E-state index < -0.39 is 11.8 Å². The van der Waals surface area contributed by atoms with Gasteiger partial charge < -0.3 is 4.42 Å². The molecule has 2 heterocycles. The van der Waals surface area contributed by atoms with Crippen molar-refractivity contribution in [3.05, 3.63) is 57.7 Å². The van der Waals surface area contributed by atoms with Crippen LogP contribution >= 0.6 is 23.4 Å². The van der Waals surface area contributed by atoms with Gasteiger partial charge in [-0.25, -0.2) is 4.98 Å². The van der Waals surface area contributed by atoms with Crippen molar-refractivity contribution in [1.82, 2.24) is 20.4 Å². The molecule has 0 unspecified atom stereocenters. The first-order valence-electron chi connectivity index (χ1n) is 8.34. The van der Waals surface area contributed by atoms with Crippen LogP contribution in [0.5, 0.6) is 0 Å². The Kier molecular flexibility index (Phi) is 6.05. The third kappa shape index (κ3) is 4.37. The molecule has 3 rings (SSSR count). The lowest BCUT2D eigenvalue weighted by Gasteiger charge is -2.16. The number of nitrogens with one attached hydrogen (secondary N) is 2. The van der Waals surface area contributed by atoms with E-state index in [1.54, 1.807) is 24.3 Å². The molecule has 0 radical (unpaired) electrons. The maximum Gasteiger partial charge on any atom is 0.305 e. The van der Waals surface area contributed by atoms with Crippen molar-refractivity contribution < 1.29 is 14.0 Å². The van der Waals surface area contributed by atoms with Crippen LogP contribution in [0.4, 0.5) is 0 Å². The van der Waals surface area contributed by atoms with E-state index in [1.165, 1.54) is 16.9 Å². The number of nitrogens with zero attached hydrogens (tertiary/aromatic N) is 2. The Morgan fingerprint density at radius 3 is 2.75 bits per heavy atom. The van der Waals surface area contributed by atoms with E-state index in [2.05, 4.69) is 15.8 Å². The summed E-state index contributed by atoms with van der Waals surface area (Å²) in [5.41, 5.74) is 4.81. The minimum Gasteiger partial charge on any atom is -0.459 e. The minimum absolute atomic E-state index is 0.0519. The number of rotatable bonds is 5. The van der Waals surface area contributed by atoms with Gasteiger partial charge in [-0.15, -0.1) is 0 Å². The van der Waals surface area contributed by atoms with Gasteiger partial charge in [0.15, 0.2) is 10.9 Å². The summed E-state index contributed by atoms with van der Waals surface area (Å²) in [6.45, 7) is 3.72. The number of furan rings is 1. The summed E-state index contributed by atoms with van der Waals surface area (Å²) >= 11 is 7.09. The van der Waals surface area contributed by atoms with Gasteiger partial charge >= 0.3 is 5.91 Å². The molecule has 10 heteroatoms. The summed E-state index contributed by atoms with van der Waals surface area (Å²) in [6.07, 6.45) is 1.36. The number of thioether (sulfide) groups is 1. The summed E-state index contributed by atoms with van der Waals surface area (Å²) in [6, 6.07) is 7.77. The van der Waals surface area contributed by atoms with Crippen LogP contribution in [0.1, 0.15) is 30.4 Å². The van der Waals surface area contributed by atoms with E-state index in [9.17, 15) is 14.4 Å². The standard InChI is InChI=1S/C18H17ClN4O4S/c1-10(2)23-17(26)12-6-5-11(19)8-13(12)20-18(23)28-9-15(24)21-22-16(25)14-4-3-7-27-14/h3-8,10H,9H2,1-2H3,(H,21,24)(H,22,25). The molecule has 0 aliphatic heterocycles. The van der Waals surface area contributed by atoms with Gasteiger partial charge in [0.1, 0.15) is 0 Å². The highest BCUT2D eigenvalue weighted by Gasteiger charge is 2.16. The van der Waals surface area contributed by atoms with Gasteiger partial charge in [0.05, 0.1) is 22.9 Å². The average Bonchev–Trinajstić information content (AvgIpc) is 3.18. The molecular formula is C18H17ClN4O4S. The first-order valence-corrected chi connectivity index (χ1v) is 9.70. The van der Waals surface area contributed by atoms with Gasteiger partial charge in [0.25, 0.3) is 5.56 Å². The fraction of sp³-hybridized carbons (Fsp3) is 0.222. The zero-order valence-electron chi connectivity index (χ0n) is 15.1. The van der Waals surface area contributed by atoms with Gasteiger partial charge in [-0.3, -0.25) is 29.8 Å². The van der Waals surface area contributed by atoms with Crippen LogP contribution in [0, 0.1) is 0 Å². The molecule has 0 spiro atoms. The molecule has 2 amide bonds. The van der Waals surface area contributed by atoms with Crippen molar-refractivity contribution in [3.8, 4) is 0 Å². The van der Waals surface area contributed by atoms with E-state index in [4.69, 9.17) is 16.0 Å². The molecule has 0 saturated heterocycles. The van der Waals surface area contributed by atoms with Crippen molar-refractivity contribution in [3.63, 3.8) is 0 Å². The highest BCUT2D eigenvalue weighted by Crippen LogP contribution is 2.22. The van der Waals surface area contributed by atoms with Crippen LogP contribution in [-0.4, -0.2) is 27.1 Å². The third-order valence-electron chi connectivity index (χ3n) is 3.74. The minimum atomic E-state index is -0.569. The topological polar surface area (TPSA) is 106 Å². The van der Waals surface area contributed by atoms with E-state index in [0.29, 0.717) is 21.1 Å². The van der Waals surface area contributed by atoms with E-state index in [0.717, 1.165) is 11.8 Å². The van der Waals surface area contributed by atoms with E-state index in [1.807, 2.05) is 13.8 Å². The molecule has 2 aromatic heterocycles. The molecule has 0 atom stereocenters. The van der Waals surface area contributed by atoms with Gasteiger partial charge in [0.2, 0.25) is 5.91 Å². The first-order chi connectivity index (χ1) is 13.4. The molecule has 3 aromatic rings. The van der Waals surface area contributed by atoms with Gasteiger partial charge in [-0.05, 0) is 44.2 Å². The number of carbonyl (C=O) groups excluding carboxylic acids is 2. The number of amides is 2. The van der Waals surface area contributed by atoms with Crippen molar-refractivity contribution in [2.45, 2.75) is 25.0 Å². The molecule has 146 valence electrons. The summed E-state index contributed by atoms with van der Waals surface area (Å²) in [5, 5.41) is 1.32. The lowest BCUT2D eigenvalue weighted by molar-refractivity contribution is -0.119. The average molecular weight is 421 g/mol. The summed E-state index contributed by atoms with van der Waals surface area (Å²) < 4.78 is 6.46. The van der Waals surface area contributed by atoms with Crippen LogP contribution in [0.25, 0.3) is 10.9 Å². The van der Waals surface area contributed by atoms with Crippen molar-refractivity contribution in [2.24, 2.45) is 0 Å². The van der Waals surface area contributed by atoms with Crippen molar-refractivity contribution in [2.75, 3.05) is 5.75 Å².